The molecule has 0 aromatic heterocycles. The van der Waals surface area contributed by atoms with Gasteiger partial charge >= 0.3 is 16.4 Å². The molecule has 2 saturated heterocycles. The molecule has 25 heavy (non-hydrogen) atoms. The van der Waals surface area contributed by atoms with Crippen LogP contribution < -0.4 is 16.6 Å². The second-order valence-corrected chi connectivity index (χ2v) is 7.42. The molecule has 4 amide bonds. The van der Waals surface area contributed by atoms with Crippen LogP contribution in [0, 0.1) is 5.92 Å². The van der Waals surface area contributed by atoms with Gasteiger partial charge < -0.3 is 10.6 Å². The zero-order chi connectivity index (χ0) is 18.4. The number of nitrogens with zero attached hydrogens (tertiary/aromatic N) is 2. The van der Waals surface area contributed by atoms with Crippen LogP contribution in [0.25, 0.3) is 0 Å². The van der Waals surface area contributed by atoms with E-state index in [0.717, 1.165) is 4.90 Å². The van der Waals surface area contributed by atoms with Gasteiger partial charge in [-0.05, 0) is 25.7 Å². The summed E-state index contributed by atoms with van der Waals surface area (Å²) in [6.45, 7) is 0.0812. The lowest BCUT2D eigenvalue weighted by Crippen LogP contribution is -2.56. The lowest BCUT2D eigenvalue weighted by molar-refractivity contribution is -0.135. The maximum absolute atomic E-state index is 12.2. The Morgan fingerprint density at radius 2 is 1.84 bits per heavy atom. The highest BCUT2D eigenvalue weighted by Crippen LogP contribution is 2.30. The number of hydrazine groups is 1. The standard InChI is InChI=1S/C12H19N5O7S/c13-7-3-6(4-7)10(18)14-15-11(19)9-2-1-8-5-16(9)12(20)17(8)24-25(21,22)23/h6-9H,1-5,13H2,(H,14,18)(H,15,19)(H,21,22,23)/t6?,7?,8-,9+/m1/s1. The van der Waals surface area contributed by atoms with E-state index in [2.05, 4.69) is 15.1 Å². The minimum atomic E-state index is -4.84. The van der Waals surface area contributed by atoms with Crippen molar-refractivity contribution in [1.29, 1.82) is 0 Å². The fraction of sp³-hybridized carbons (Fsp3) is 0.750. The third-order valence-corrected chi connectivity index (χ3v) is 5.00. The molecule has 13 heteroatoms. The van der Waals surface area contributed by atoms with Crippen molar-refractivity contribution in [3.8, 4) is 0 Å². The molecule has 0 aromatic rings. The summed E-state index contributed by atoms with van der Waals surface area (Å²) < 4.78 is 34.6. The topological polar surface area (TPSA) is 171 Å². The Hall–Kier alpha value is -1.96. The number of fused-ring (bicyclic) bond motifs is 2. The second kappa shape index (κ2) is 6.40. The van der Waals surface area contributed by atoms with Crippen LogP contribution in [0.1, 0.15) is 25.7 Å². The molecule has 140 valence electrons. The largest absolute Gasteiger partial charge is 0.418 e. The molecular weight excluding hydrogens is 358 g/mol. The molecule has 1 aliphatic carbocycles. The molecule has 2 aliphatic heterocycles. The molecule has 1 saturated carbocycles. The van der Waals surface area contributed by atoms with Crippen LogP contribution in [0.2, 0.25) is 0 Å². The summed E-state index contributed by atoms with van der Waals surface area (Å²) in [7, 11) is -4.84. The quantitative estimate of drug-likeness (QED) is 0.318. The molecule has 2 bridgehead atoms. The average Bonchev–Trinajstić information content (AvgIpc) is 2.73. The number of urea groups is 1. The van der Waals surface area contributed by atoms with E-state index in [1.165, 1.54) is 0 Å². The van der Waals surface area contributed by atoms with Crippen molar-refractivity contribution >= 4 is 28.2 Å². The number of carbonyl (C=O) groups is 3. The number of nitrogens with two attached hydrogens (primary N) is 1. The first-order valence-corrected chi connectivity index (χ1v) is 9.14. The van der Waals surface area contributed by atoms with Gasteiger partial charge in [-0.3, -0.25) is 25.0 Å². The van der Waals surface area contributed by atoms with Gasteiger partial charge in [0.1, 0.15) is 6.04 Å². The van der Waals surface area contributed by atoms with Crippen LogP contribution >= 0.6 is 0 Å². The van der Waals surface area contributed by atoms with Crippen LogP contribution in [0.4, 0.5) is 4.79 Å². The summed E-state index contributed by atoms with van der Waals surface area (Å²) in [5, 5.41) is 0.553. The van der Waals surface area contributed by atoms with Crippen molar-refractivity contribution in [2.75, 3.05) is 6.54 Å². The van der Waals surface area contributed by atoms with E-state index in [0.29, 0.717) is 24.3 Å². The van der Waals surface area contributed by atoms with Gasteiger partial charge in [0, 0.05) is 18.5 Å². The second-order valence-electron chi connectivity index (χ2n) is 6.42. The van der Waals surface area contributed by atoms with Crippen LogP contribution in [-0.2, 0) is 24.3 Å². The number of hydroxylamine groups is 2. The molecule has 3 fully saturated rings. The fourth-order valence-corrected chi connectivity index (χ4v) is 3.68. The van der Waals surface area contributed by atoms with Gasteiger partial charge in [-0.1, -0.05) is 0 Å². The SMILES string of the molecule is NC1CC(C(=O)NNC(=O)[C@@H]2CC[C@@H]3CN2C(=O)N3OS(=O)(=O)O)C1. The number of hydrogen-bond donors (Lipinski definition) is 4. The highest BCUT2D eigenvalue weighted by Gasteiger charge is 2.49. The smallest absolute Gasteiger partial charge is 0.328 e. The van der Waals surface area contributed by atoms with Crippen molar-refractivity contribution in [3.05, 3.63) is 0 Å². The molecule has 3 aliphatic rings. The van der Waals surface area contributed by atoms with E-state index in [-0.39, 0.29) is 30.8 Å². The number of hydrogen-bond acceptors (Lipinski definition) is 7. The summed E-state index contributed by atoms with van der Waals surface area (Å²) in [6, 6.07) is -2.29. The molecule has 3 rings (SSSR count). The first-order valence-electron chi connectivity index (χ1n) is 7.78. The summed E-state index contributed by atoms with van der Waals surface area (Å²) in [5.74, 6) is -1.16. The fourth-order valence-electron chi connectivity index (χ4n) is 3.29. The Balaban J connectivity index is 1.56. The number of nitrogens with one attached hydrogen (secondary N) is 2. The zero-order valence-electron chi connectivity index (χ0n) is 13.1. The molecule has 0 aromatic carbocycles. The van der Waals surface area contributed by atoms with E-state index in [1.54, 1.807) is 0 Å². The van der Waals surface area contributed by atoms with Gasteiger partial charge in [0.05, 0.1) is 6.04 Å². The van der Waals surface area contributed by atoms with Crippen LogP contribution in [0.15, 0.2) is 0 Å². The van der Waals surface area contributed by atoms with E-state index in [1.807, 2.05) is 0 Å². The van der Waals surface area contributed by atoms with Crippen LogP contribution in [0.3, 0.4) is 0 Å². The first kappa shape index (κ1) is 17.8. The average molecular weight is 377 g/mol. The van der Waals surface area contributed by atoms with E-state index >= 15 is 0 Å². The lowest BCUT2D eigenvalue weighted by atomic mass is 9.80. The van der Waals surface area contributed by atoms with E-state index < -0.39 is 34.4 Å². The van der Waals surface area contributed by atoms with Gasteiger partial charge in [-0.15, -0.1) is 4.28 Å². The van der Waals surface area contributed by atoms with Crippen molar-refractivity contribution in [2.24, 2.45) is 11.7 Å². The normalized spacial score (nSPS) is 31.5. The van der Waals surface area contributed by atoms with Crippen molar-refractivity contribution < 1.29 is 31.6 Å². The third kappa shape index (κ3) is 3.68. The maximum Gasteiger partial charge on any atom is 0.418 e. The van der Waals surface area contributed by atoms with Gasteiger partial charge in [0.25, 0.3) is 5.91 Å². The monoisotopic (exact) mass is 377 g/mol. The Kier molecular flexibility index (Phi) is 4.57. The molecule has 0 unspecified atom stereocenters. The molecule has 5 N–H and O–H groups in total. The molecule has 2 heterocycles. The summed E-state index contributed by atoms with van der Waals surface area (Å²) in [5.41, 5.74) is 10.2. The van der Waals surface area contributed by atoms with E-state index in [4.69, 9.17) is 10.3 Å². The Labute approximate surface area is 143 Å². The maximum atomic E-state index is 12.2. The third-order valence-electron chi connectivity index (χ3n) is 4.65. The lowest BCUT2D eigenvalue weighted by Gasteiger charge is -2.32. The Morgan fingerprint density at radius 3 is 2.44 bits per heavy atom. The number of piperidine rings is 1. The molecule has 2 atom stereocenters. The molecular formula is C12H19N5O7S. The summed E-state index contributed by atoms with van der Waals surface area (Å²) >= 11 is 0. The van der Waals surface area contributed by atoms with Gasteiger partial charge in [0.15, 0.2) is 0 Å². The number of carbonyl (C=O) groups excluding carboxylic acids is 3. The highest BCUT2D eigenvalue weighted by atomic mass is 32.3. The minimum Gasteiger partial charge on any atom is -0.328 e. The summed E-state index contributed by atoms with van der Waals surface area (Å²) in [6.07, 6.45) is 1.68. The minimum absolute atomic E-state index is 0.00209. The van der Waals surface area contributed by atoms with E-state index in [9.17, 15) is 22.8 Å². The van der Waals surface area contributed by atoms with Crippen LogP contribution in [0.5, 0.6) is 0 Å². The highest BCUT2D eigenvalue weighted by molar-refractivity contribution is 7.80. The predicted octanol–water partition coefficient (Wildman–Crippen LogP) is -2.13. The molecule has 0 radical (unpaired) electrons. The molecule has 12 nitrogen and oxygen atoms in total. The first-order chi connectivity index (χ1) is 11.7. The zero-order valence-corrected chi connectivity index (χ0v) is 13.9. The Bertz CT molecular complexity index is 692. The molecule has 0 spiro atoms. The summed E-state index contributed by atoms with van der Waals surface area (Å²) in [4.78, 5) is 37.4. The van der Waals surface area contributed by atoms with Gasteiger partial charge in [0.2, 0.25) is 5.91 Å². The van der Waals surface area contributed by atoms with Crippen molar-refractivity contribution in [2.45, 2.75) is 43.8 Å². The Morgan fingerprint density at radius 1 is 1.20 bits per heavy atom. The number of amides is 4. The predicted molar refractivity (Wildman–Crippen MR) is 80.4 cm³/mol. The van der Waals surface area contributed by atoms with Gasteiger partial charge in [-0.25, -0.2) is 4.79 Å². The van der Waals surface area contributed by atoms with Crippen molar-refractivity contribution in [1.82, 2.24) is 20.8 Å². The van der Waals surface area contributed by atoms with Crippen LogP contribution in [-0.4, -0.2) is 65.4 Å². The number of rotatable bonds is 4. The van der Waals surface area contributed by atoms with Gasteiger partial charge in [-0.2, -0.15) is 13.5 Å². The van der Waals surface area contributed by atoms with Crippen molar-refractivity contribution in [3.63, 3.8) is 0 Å².